The molecule has 126 valence electrons. The highest BCUT2D eigenvalue weighted by Crippen LogP contribution is 2.08. The Labute approximate surface area is 132 Å². The molecule has 0 aliphatic carbocycles. The smallest absolute Gasteiger partial charge is 0.312 e. The molecule has 1 heterocycles. The lowest BCUT2D eigenvalue weighted by Crippen LogP contribution is -2.30. The first-order chi connectivity index (χ1) is 10.9. The Morgan fingerprint density at radius 2 is 1.74 bits per heavy atom. The van der Waals surface area contributed by atoms with E-state index in [1.165, 1.54) is 17.6 Å². The molecular formula is C14H19N3O6. The van der Waals surface area contributed by atoms with Crippen molar-refractivity contribution in [1.82, 2.24) is 10.4 Å². The molecule has 0 aromatic heterocycles. The first-order valence-corrected chi connectivity index (χ1v) is 7.18. The zero-order chi connectivity index (χ0) is 17.2. The van der Waals surface area contributed by atoms with Gasteiger partial charge in [-0.3, -0.25) is 34.7 Å². The number of esters is 1. The third-order valence-corrected chi connectivity index (χ3v) is 3.10. The van der Waals surface area contributed by atoms with Gasteiger partial charge in [-0.25, -0.2) is 5.48 Å². The fourth-order valence-corrected chi connectivity index (χ4v) is 1.89. The van der Waals surface area contributed by atoms with Gasteiger partial charge >= 0.3 is 5.97 Å². The van der Waals surface area contributed by atoms with E-state index in [1.54, 1.807) is 0 Å². The van der Waals surface area contributed by atoms with E-state index in [1.807, 2.05) is 0 Å². The quantitative estimate of drug-likeness (QED) is 0.106. The summed E-state index contributed by atoms with van der Waals surface area (Å²) in [4.78, 5) is 45.9. The molecule has 0 aromatic carbocycles. The molecule has 0 aromatic rings. The SMILES string of the molecule is N=C(CCC(=O)NO)OC(=O)CCCCCN1C(=O)C=CC1=O. The minimum absolute atomic E-state index is 0.0791. The maximum Gasteiger partial charge on any atom is 0.312 e. The number of rotatable bonds is 9. The van der Waals surface area contributed by atoms with E-state index in [-0.39, 0.29) is 37.0 Å². The zero-order valence-corrected chi connectivity index (χ0v) is 12.5. The molecule has 0 atom stereocenters. The van der Waals surface area contributed by atoms with E-state index in [0.717, 1.165) is 4.90 Å². The fourth-order valence-electron chi connectivity index (χ4n) is 1.89. The number of carbonyl (C=O) groups is 4. The molecule has 0 spiro atoms. The molecule has 1 aliphatic heterocycles. The van der Waals surface area contributed by atoms with Crippen molar-refractivity contribution in [2.24, 2.45) is 0 Å². The summed E-state index contributed by atoms with van der Waals surface area (Å²) in [5, 5.41) is 15.6. The summed E-state index contributed by atoms with van der Waals surface area (Å²) in [5.74, 6) is -2.22. The maximum absolute atomic E-state index is 11.4. The monoisotopic (exact) mass is 325 g/mol. The number of nitrogens with zero attached hydrogens (tertiary/aromatic N) is 1. The van der Waals surface area contributed by atoms with Crippen molar-refractivity contribution >= 4 is 29.6 Å². The lowest BCUT2D eigenvalue weighted by molar-refractivity contribution is -0.138. The van der Waals surface area contributed by atoms with Crippen molar-refractivity contribution in [1.29, 1.82) is 5.41 Å². The standard InChI is InChI=1S/C14H19N3O6/c15-10(5-6-11(18)16-22)23-14(21)4-2-1-3-9-17-12(19)7-8-13(17)20/h7-8,15,22H,1-6,9H2,(H,16,18). The van der Waals surface area contributed by atoms with E-state index < -0.39 is 11.9 Å². The Morgan fingerprint density at radius 1 is 1.09 bits per heavy atom. The summed E-state index contributed by atoms with van der Waals surface area (Å²) in [6.07, 6.45) is 4.05. The van der Waals surface area contributed by atoms with Gasteiger partial charge in [-0.05, 0) is 12.8 Å². The van der Waals surface area contributed by atoms with Crippen LogP contribution in [0.25, 0.3) is 0 Å². The van der Waals surface area contributed by atoms with E-state index in [4.69, 9.17) is 15.4 Å². The van der Waals surface area contributed by atoms with Crippen LogP contribution in [0, 0.1) is 5.41 Å². The van der Waals surface area contributed by atoms with Crippen molar-refractivity contribution in [3.05, 3.63) is 12.2 Å². The van der Waals surface area contributed by atoms with Crippen LogP contribution in [0.15, 0.2) is 12.2 Å². The average molecular weight is 325 g/mol. The molecule has 1 aliphatic rings. The zero-order valence-electron chi connectivity index (χ0n) is 12.5. The molecule has 3 amide bonds. The molecule has 0 bridgehead atoms. The third kappa shape index (κ3) is 6.83. The van der Waals surface area contributed by atoms with Gasteiger partial charge in [0.05, 0.1) is 0 Å². The topological polar surface area (TPSA) is 137 Å². The van der Waals surface area contributed by atoms with Crippen LogP contribution in [0.3, 0.4) is 0 Å². The maximum atomic E-state index is 11.4. The second kappa shape index (κ2) is 9.46. The van der Waals surface area contributed by atoms with Crippen molar-refractivity contribution in [2.45, 2.75) is 38.5 Å². The summed E-state index contributed by atoms with van der Waals surface area (Å²) in [5.41, 5.74) is 1.42. The largest absolute Gasteiger partial charge is 0.412 e. The molecule has 9 nitrogen and oxygen atoms in total. The van der Waals surface area contributed by atoms with Gasteiger partial charge in [-0.15, -0.1) is 0 Å². The number of hydrogen-bond acceptors (Lipinski definition) is 7. The number of ether oxygens (including phenoxy) is 1. The van der Waals surface area contributed by atoms with E-state index >= 15 is 0 Å². The normalized spacial score (nSPS) is 13.3. The van der Waals surface area contributed by atoms with Gasteiger partial charge in [0.15, 0.2) is 5.90 Å². The lowest BCUT2D eigenvalue weighted by Gasteiger charge is -2.12. The fraction of sp³-hybridized carbons (Fsp3) is 0.500. The summed E-state index contributed by atoms with van der Waals surface area (Å²) in [6.45, 7) is 0.311. The Hall–Kier alpha value is -2.55. The van der Waals surface area contributed by atoms with Crippen LogP contribution in [0.5, 0.6) is 0 Å². The second-order valence-electron chi connectivity index (χ2n) is 4.90. The Bertz CT molecular complexity index is 511. The van der Waals surface area contributed by atoms with Crippen LogP contribution < -0.4 is 5.48 Å². The molecule has 9 heteroatoms. The lowest BCUT2D eigenvalue weighted by atomic mass is 10.2. The number of hydrogen-bond donors (Lipinski definition) is 3. The highest BCUT2D eigenvalue weighted by atomic mass is 16.5. The molecule has 0 saturated carbocycles. The van der Waals surface area contributed by atoms with E-state index in [0.29, 0.717) is 25.8 Å². The second-order valence-corrected chi connectivity index (χ2v) is 4.90. The average Bonchev–Trinajstić information content (AvgIpc) is 2.83. The number of nitrogens with one attached hydrogen (secondary N) is 2. The molecule has 1 rings (SSSR count). The Morgan fingerprint density at radius 3 is 2.35 bits per heavy atom. The van der Waals surface area contributed by atoms with Crippen molar-refractivity contribution < 1.29 is 29.1 Å². The van der Waals surface area contributed by atoms with Gasteiger partial charge in [0.1, 0.15) is 0 Å². The summed E-state index contributed by atoms with van der Waals surface area (Å²) >= 11 is 0. The van der Waals surface area contributed by atoms with Crippen LogP contribution in [0.1, 0.15) is 38.5 Å². The molecule has 0 unspecified atom stereocenters. The van der Waals surface area contributed by atoms with E-state index in [9.17, 15) is 19.2 Å². The molecule has 0 saturated heterocycles. The van der Waals surface area contributed by atoms with Gasteiger partial charge in [0.2, 0.25) is 5.91 Å². The Balaban J connectivity index is 2.08. The number of hydroxylamine groups is 1. The van der Waals surface area contributed by atoms with Crippen molar-refractivity contribution in [3.63, 3.8) is 0 Å². The van der Waals surface area contributed by atoms with Gasteiger partial charge in [0.25, 0.3) is 11.8 Å². The number of carbonyl (C=O) groups excluding carboxylic acids is 4. The summed E-state index contributed by atoms with van der Waals surface area (Å²) in [6, 6.07) is 0. The van der Waals surface area contributed by atoms with Crippen LogP contribution in [0.4, 0.5) is 0 Å². The summed E-state index contributed by atoms with van der Waals surface area (Å²) < 4.78 is 4.71. The third-order valence-electron chi connectivity index (χ3n) is 3.10. The molecule has 0 radical (unpaired) electrons. The molecule has 3 N–H and O–H groups in total. The van der Waals surface area contributed by atoms with Gasteiger partial charge in [0, 0.05) is 38.0 Å². The highest BCUT2D eigenvalue weighted by Gasteiger charge is 2.22. The minimum atomic E-state index is -0.661. The van der Waals surface area contributed by atoms with Crippen LogP contribution in [-0.4, -0.2) is 46.2 Å². The van der Waals surface area contributed by atoms with Crippen molar-refractivity contribution in [3.8, 4) is 0 Å². The van der Waals surface area contributed by atoms with Crippen LogP contribution >= 0.6 is 0 Å². The van der Waals surface area contributed by atoms with Crippen LogP contribution in [-0.2, 0) is 23.9 Å². The van der Waals surface area contributed by atoms with E-state index in [2.05, 4.69) is 0 Å². The molecule has 0 fully saturated rings. The van der Waals surface area contributed by atoms with Gasteiger partial charge in [-0.1, -0.05) is 6.42 Å². The summed E-state index contributed by atoms with van der Waals surface area (Å²) in [7, 11) is 0. The first kappa shape index (κ1) is 18.5. The number of unbranched alkanes of at least 4 members (excludes halogenated alkanes) is 2. The minimum Gasteiger partial charge on any atom is -0.412 e. The molecule has 23 heavy (non-hydrogen) atoms. The predicted molar refractivity (Wildman–Crippen MR) is 77.3 cm³/mol. The highest BCUT2D eigenvalue weighted by molar-refractivity contribution is 6.12. The number of amides is 3. The van der Waals surface area contributed by atoms with Crippen molar-refractivity contribution in [2.75, 3.05) is 6.54 Å². The first-order valence-electron chi connectivity index (χ1n) is 7.18. The Kier molecular flexibility index (Phi) is 7.61. The number of imide groups is 1. The van der Waals surface area contributed by atoms with Gasteiger partial charge in [-0.2, -0.15) is 0 Å². The molecular weight excluding hydrogens is 306 g/mol. The van der Waals surface area contributed by atoms with Gasteiger partial charge < -0.3 is 4.74 Å². The predicted octanol–water partition coefficient (Wildman–Crippen LogP) is 0.278. The van der Waals surface area contributed by atoms with Crippen LogP contribution in [0.2, 0.25) is 0 Å².